The lowest BCUT2D eigenvalue weighted by Crippen LogP contribution is -2.29. The molecule has 0 amide bonds. The van der Waals surface area contributed by atoms with E-state index >= 15 is 0 Å². The second-order valence-electron chi connectivity index (χ2n) is 8.16. The smallest absolute Gasteiger partial charge is 0.324 e. The molecular weight excluding hydrogens is 452 g/mol. The van der Waals surface area contributed by atoms with Crippen molar-refractivity contribution in [3.05, 3.63) is 65.7 Å². The molecule has 2 heterocycles. The Morgan fingerprint density at radius 2 is 1.47 bits per heavy atom. The first-order valence-corrected chi connectivity index (χ1v) is 10.2. The van der Waals surface area contributed by atoms with E-state index in [1.54, 1.807) is 0 Å². The minimum Gasteiger partial charge on any atom is -0.497 e. The molecule has 0 saturated carbocycles. The van der Waals surface area contributed by atoms with E-state index in [0.717, 1.165) is 24.3 Å². The van der Waals surface area contributed by atoms with Gasteiger partial charge in [-0.3, -0.25) is 35.3 Å². The molecular formula is C21H22N4O9. The third-order valence-corrected chi connectivity index (χ3v) is 5.13. The fraction of sp³-hybridized carbons (Fsp3) is 0.381. The molecule has 13 heteroatoms. The summed E-state index contributed by atoms with van der Waals surface area (Å²) in [5.41, 5.74) is 0.732. The Labute approximate surface area is 193 Å². The molecule has 2 aromatic carbocycles. The van der Waals surface area contributed by atoms with Crippen LogP contribution in [0.1, 0.15) is 38.3 Å². The van der Waals surface area contributed by atoms with Gasteiger partial charge in [0.2, 0.25) is 0 Å². The number of non-ortho nitro benzene ring substituents is 1. The van der Waals surface area contributed by atoms with Crippen LogP contribution in [-0.4, -0.2) is 44.3 Å². The number of nitro benzene ring substituents is 3. The van der Waals surface area contributed by atoms with Crippen LogP contribution in [-0.2, 0) is 6.42 Å². The highest BCUT2D eigenvalue weighted by molar-refractivity contribution is 6.03. The molecule has 2 aromatic rings. The van der Waals surface area contributed by atoms with Crippen molar-refractivity contribution in [1.82, 2.24) is 0 Å². The van der Waals surface area contributed by atoms with Crippen LogP contribution in [0.5, 0.6) is 17.2 Å². The number of rotatable bonds is 4. The van der Waals surface area contributed by atoms with Crippen molar-refractivity contribution < 1.29 is 29.4 Å². The maximum absolute atomic E-state index is 10.4. The van der Waals surface area contributed by atoms with Gasteiger partial charge in [0.1, 0.15) is 13.2 Å². The fourth-order valence-corrected chi connectivity index (χ4v) is 3.72. The van der Waals surface area contributed by atoms with E-state index in [9.17, 15) is 30.3 Å². The highest BCUT2D eigenvalue weighted by Crippen LogP contribution is 2.39. The zero-order valence-electron chi connectivity index (χ0n) is 18.6. The number of aromatic hydroxyl groups is 1. The van der Waals surface area contributed by atoms with Gasteiger partial charge in [0.05, 0.1) is 32.4 Å². The number of phenols is 1. The van der Waals surface area contributed by atoms with E-state index in [1.807, 2.05) is 0 Å². The average Bonchev–Trinajstić information content (AvgIpc) is 2.76. The molecule has 0 aromatic heterocycles. The molecule has 4 rings (SSSR count). The number of hydrogen-bond donors (Lipinski definition) is 1. The first-order chi connectivity index (χ1) is 15.9. The van der Waals surface area contributed by atoms with E-state index in [4.69, 9.17) is 19.6 Å². The fourth-order valence-electron chi connectivity index (χ4n) is 3.72. The number of benzene rings is 2. The Balaban J connectivity index is 0.000000192. The summed E-state index contributed by atoms with van der Waals surface area (Å²) in [6.45, 7) is 7.80. The molecule has 0 atom stereocenters. The third kappa shape index (κ3) is 5.03. The molecule has 180 valence electrons. The van der Waals surface area contributed by atoms with E-state index in [0.29, 0.717) is 25.3 Å². The zero-order chi connectivity index (χ0) is 25.2. The topological polar surface area (TPSA) is 180 Å². The van der Waals surface area contributed by atoms with Crippen LogP contribution in [0.15, 0.2) is 29.3 Å². The second-order valence-corrected chi connectivity index (χ2v) is 8.16. The van der Waals surface area contributed by atoms with Gasteiger partial charge in [0.15, 0.2) is 11.5 Å². The molecule has 0 spiro atoms. The Kier molecular flexibility index (Phi) is 6.66. The zero-order valence-corrected chi connectivity index (χ0v) is 18.6. The van der Waals surface area contributed by atoms with Gasteiger partial charge in [0.25, 0.3) is 11.4 Å². The number of phenolic OH excluding ortho intramolecular Hbond substituents is 1. The monoisotopic (exact) mass is 474 g/mol. The molecule has 0 aliphatic carbocycles. The summed E-state index contributed by atoms with van der Waals surface area (Å²) in [5.74, 6) is 0.537. The number of nitrogens with zero attached hydrogens (tertiary/aromatic N) is 4. The second kappa shape index (κ2) is 9.29. The molecule has 34 heavy (non-hydrogen) atoms. The van der Waals surface area contributed by atoms with Gasteiger partial charge in [-0.25, -0.2) is 0 Å². The van der Waals surface area contributed by atoms with Crippen LogP contribution in [0.25, 0.3) is 0 Å². The summed E-state index contributed by atoms with van der Waals surface area (Å²) in [5, 5.41) is 40.2. The molecule has 13 nitrogen and oxygen atoms in total. The number of nitro groups is 3. The van der Waals surface area contributed by atoms with Crippen molar-refractivity contribution in [1.29, 1.82) is 0 Å². The lowest BCUT2D eigenvalue weighted by molar-refractivity contribution is -0.404. The van der Waals surface area contributed by atoms with Gasteiger partial charge in [-0.05, 0) is 44.4 Å². The lowest BCUT2D eigenvalue weighted by Gasteiger charge is -2.30. The summed E-state index contributed by atoms with van der Waals surface area (Å²) in [6, 6.07) is 5.13. The summed E-state index contributed by atoms with van der Waals surface area (Å²) in [4.78, 5) is 32.6. The number of ether oxygens (including phenoxy) is 2. The summed E-state index contributed by atoms with van der Waals surface area (Å²) >= 11 is 0. The Bertz CT molecular complexity index is 1170. The van der Waals surface area contributed by atoms with Gasteiger partial charge in [-0.15, -0.1) is 0 Å². The van der Waals surface area contributed by atoms with Crippen molar-refractivity contribution in [2.45, 2.75) is 39.2 Å². The standard InChI is InChI=1S/C15H19NO2.C6H3N3O7/c1-4-12-11-8-14-13(17-5-6-18-14)7-10(11)9-15(2,3)16-12;10-6-4(8(13)14)1-3(7(11)12)2-5(6)9(15)16/h7-8H,4-6,9H2,1-3H3;1-2,10H. The van der Waals surface area contributed by atoms with E-state index in [1.165, 1.54) is 16.8 Å². The molecule has 0 radical (unpaired) electrons. The third-order valence-electron chi connectivity index (χ3n) is 5.13. The van der Waals surface area contributed by atoms with Gasteiger partial charge < -0.3 is 14.6 Å². The van der Waals surface area contributed by atoms with Crippen molar-refractivity contribution in [2.75, 3.05) is 13.2 Å². The van der Waals surface area contributed by atoms with Crippen molar-refractivity contribution in [2.24, 2.45) is 4.99 Å². The molecule has 2 aliphatic rings. The Hall–Kier alpha value is -4.29. The summed E-state index contributed by atoms with van der Waals surface area (Å²) < 4.78 is 11.3. The number of hydrogen-bond acceptors (Lipinski definition) is 10. The maximum Gasteiger partial charge on any atom is 0.324 e. The predicted octanol–water partition coefficient (Wildman–Crippen LogP) is 4.11. The molecule has 1 N–H and O–H groups in total. The van der Waals surface area contributed by atoms with Crippen molar-refractivity contribution in [3.63, 3.8) is 0 Å². The Morgan fingerprint density at radius 3 is 1.94 bits per heavy atom. The van der Waals surface area contributed by atoms with Gasteiger partial charge in [-0.1, -0.05) is 6.92 Å². The first kappa shape index (κ1) is 24.4. The maximum atomic E-state index is 10.4. The van der Waals surface area contributed by atoms with Crippen LogP contribution in [0.2, 0.25) is 0 Å². The van der Waals surface area contributed by atoms with Crippen LogP contribution < -0.4 is 9.47 Å². The average molecular weight is 474 g/mol. The van der Waals surface area contributed by atoms with E-state index in [2.05, 4.69) is 32.9 Å². The van der Waals surface area contributed by atoms with Gasteiger partial charge in [0, 0.05) is 11.3 Å². The van der Waals surface area contributed by atoms with Crippen LogP contribution in [0.3, 0.4) is 0 Å². The van der Waals surface area contributed by atoms with E-state index in [-0.39, 0.29) is 5.54 Å². The number of aliphatic imine (C=N–C) groups is 1. The quantitative estimate of drug-likeness (QED) is 0.503. The largest absolute Gasteiger partial charge is 0.497 e. The normalized spacial score (nSPS) is 15.2. The highest BCUT2D eigenvalue weighted by atomic mass is 16.6. The highest BCUT2D eigenvalue weighted by Gasteiger charge is 2.30. The predicted molar refractivity (Wildman–Crippen MR) is 120 cm³/mol. The molecule has 0 fully saturated rings. The summed E-state index contributed by atoms with van der Waals surface area (Å²) in [6.07, 6.45) is 1.92. The lowest BCUT2D eigenvalue weighted by atomic mass is 9.86. The van der Waals surface area contributed by atoms with Gasteiger partial charge >= 0.3 is 11.4 Å². The Morgan fingerprint density at radius 1 is 0.941 bits per heavy atom. The minimum atomic E-state index is -1.21. The van der Waals surface area contributed by atoms with Crippen LogP contribution >= 0.6 is 0 Å². The summed E-state index contributed by atoms with van der Waals surface area (Å²) in [7, 11) is 0. The van der Waals surface area contributed by atoms with E-state index < -0.39 is 37.6 Å². The van der Waals surface area contributed by atoms with Crippen molar-refractivity contribution >= 4 is 22.8 Å². The SMILES string of the molecule is CCC1=NC(C)(C)Cc2cc3c(cc21)OCCO3.O=[N+]([O-])c1cc([N+](=O)[O-])c(O)c([N+](=O)[O-])c1. The van der Waals surface area contributed by atoms with Crippen molar-refractivity contribution in [3.8, 4) is 17.2 Å². The minimum absolute atomic E-state index is 0.0118. The molecule has 0 unspecified atom stereocenters. The number of fused-ring (bicyclic) bond motifs is 2. The first-order valence-electron chi connectivity index (χ1n) is 10.2. The van der Waals surface area contributed by atoms with Gasteiger partial charge in [-0.2, -0.15) is 0 Å². The molecule has 0 bridgehead atoms. The van der Waals surface area contributed by atoms with Crippen LogP contribution in [0, 0.1) is 30.3 Å². The molecule has 0 saturated heterocycles. The van der Waals surface area contributed by atoms with Crippen LogP contribution in [0.4, 0.5) is 17.1 Å². The molecule has 2 aliphatic heterocycles.